The van der Waals surface area contributed by atoms with Crippen molar-refractivity contribution < 1.29 is 14.6 Å². The first-order valence-electron chi connectivity index (χ1n) is 5.76. The van der Waals surface area contributed by atoms with E-state index >= 15 is 0 Å². The molecule has 4 nitrogen and oxygen atoms in total. The van der Waals surface area contributed by atoms with Gasteiger partial charge in [-0.1, -0.05) is 6.92 Å². The number of hydrogen-bond acceptors (Lipinski definition) is 3. The fraction of sp³-hybridized carbons (Fsp3) is 0.909. The van der Waals surface area contributed by atoms with Gasteiger partial charge in [-0.15, -0.1) is 0 Å². The minimum Gasteiger partial charge on any atom is -0.481 e. The predicted octanol–water partition coefficient (Wildman–Crippen LogP) is 1.26. The first-order chi connectivity index (χ1) is 7.22. The number of aliphatic carboxylic acids is 1. The molecule has 4 heteroatoms. The van der Waals surface area contributed by atoms with Gasteiger partial charge in [-0.3, -0.25) is 4.79 Å². The van der Waals surface area contributed by atoms with E-state index in [9.17, 15) is 4.79 Å². The van der Waals surface area contributed by atoms with Crippen LogP contribution in [0.2, 0.25) is 0 Å². The average molecular weight is 215 g/mol. The van der Waals surface area contributed by atoms with Crippen LogP contribution >= 0.6 is 0 Å². The standard InChI is InChI=1S/C11H21NO3/c1-2-5-15-10-6-9(7-12-8-10)3-4-11(13)14/h9-10,12H,2-8H2,1H3,(H,13,14)/t9-,10+/m1/s1. The molecule has 1 saturated heterocycles. The Morgan fingerprint density at radius 3 is 3.00 bits per heavy atom. The summed E-state index contributed by atoms with van der Waals surface area (Å²) < 4.78 is 5.66. The first kappa shape index (κ1) is 12.5. The molecule has 1 aliphatic heterocycles. The summed E-state index contributed by atoms with van der Waals surface area (Å²) in [6.07, 6.45) is 3.34. The Balaban J connectivity index is 2.19. The smallest absolute Gasteiger partial charge is 0.303 e. The Morgan fingerprint density at radius 2 is 2.33 bits per heavy atom. The Kier molecular flexibility index (Phi) is 5.65. The molecule has 0 aromatic carbocycles. The summed E-state index contributed by atoms with van der Waals surface area (Å²) in [5, 5.41) is 11.9. The summed E-state index contributed by atoms with van der Waals surface area (Å²) in [6, 6.07) is 0. The van der Waals surface area contributed by atoms with E-state index in [-0.39, 0.29) is 12.5 Å². The third-order valence-corrected chi connectivity index (χ3v) is 2.73. The number of carboxylic acid groups (broad SMARTS) is 1. The van der Waals surface area contributed by atoms with E-state index in [1.54, 1.807) is 0 Å². The second kappa shape index (κ2) is 6.80. The lowest BCUT2D eigenvalue weighted by Crippen LogP contribution is -2.41. The quantitative estimate of drug-likeness (QED) is 0.700. The van der Waals surface area contributed by atoms with Crippen molar-refractivity contribution in [2.75, 3.05) is 19.7 Å². The van der Waals surface area contributed by atoms with E-state index in [1.165, 1.54) is 0 Å². The van der Waals surface area contributed by atoms with Gasteiger partial charge in [-0.05, 0) is 31.7 Å². The van der Waals surface area contributed by atoms with Crippen molar-refractivity contribution >= 4 is 5.97 Å². The van der Waals surface area contributed by atoms with Gasteiger partial charge in [0.05, 0.1) is 6.10 Å². The molecule has 0 aromatic heterocycles. The second-order valence-corrected chi connectivity index (χ2v) is 4.19. The van der Waals surface area contributed by atoms with Crippen LogP contribution in [0.15, 0.2) is 0 Å². The highest BCUT2D eigenvalue weighted by Crippen LogP contribution is 2.18. The highest BCUT2D eigenvalue weighted by atomic mass is 16.5. The van der Waals surface area contributed by atoms with Crippen LogP contribution in [0, 0.1) is 5.92 Å². The summed E-state index contributed by atoms with van der Waals surface area (Å²) in [7, 11) is 0. The van der Waals surface area contributed by atoms with Gasteiger partial charge in [-0.25, -0.2) is 0 Å². The average Bonchev–Trinajstić information content (AvgIpc) is 2.24. The van der Waals surface area contributed by atoms with Crippen molar-refractivity contribution in [1.82, 2.24) is 5.32 Å². The Morgan fingerprint density at radius 1 is 1.53 bits per heavy atom. The largest absolute Gasteiger partial charge is 0.481 e. The van der Waals surface area contributed by atoms with Gasteiger partial charge in [0.25, 0.3) is 0 Å². The van der Waals surface area contributed by atoms with E-state index in [4.69, 9.17) is 9.84 Å². The molecule has 0 unspecified atom stereocenters. The molecule has 15 heavy (non-hydrogen) atoms. The van der Waals surface area contributed by atoms with Crippen molar-refractivity contribution in [1.29, 1.82) is 0 Å². The van der Waals surface area contributed by atoms with Gasteiger partial charge in [0.2, 0.25) is 0 Å². The zero-order valence-electron chi connectivity index (χ0n) is 9.37. The monoisotopic (exact) mass is 215 g/mol. The lowest BCUT2D eigenvalue weighted by Gasteiger charge is -2.29. The minimum absolute atomic E-state index is 0.271. The molecule has 1 aliphatic rings. The zero-order chi connectivity index (χ0) is 11.1. The summed E-state index contributed by atoms with van der Waals surface area (Å²) in [6.45, 7) is 4.74. The number of ether oxygens (including phenoxy) is 1. The van der Waals surface area contributed by atoms with Crippen LogP contribution in [-0.2, 0) is 9.53 Å². The first-order valence-corrected chi connectivity index (χ1v) is 5.76. The van der Waals surface area contributed by atoms with Crippen molar-refractivity contribution in [3.8, 4) is 0 Å². The predicted molar refractivity (Wildman–Crippen MR) is 57.9 cm³/mol. The maximum Gasteiger partial charge on any atom is 0.303 e. The Labute approximate surface area is 91.0 Å². The summed E-state index contributed by atoms with van der Waals surface area (Å²) >= 11 is 0. The SMILES string of the molecule is CCCO[C@@H]1CNC[C@H](CCC(=O)O)C1. The van der Waals surface area contributed by atoms with Gasteiger partial charge < -0.3 is 15.2 Å². The van der Waals surface area contributed by atoms with Gasteiger partial charge in [0, 0.05) is 19.6 Å². The van der Waals surface area contributed by atoms with E-state index in [1.807, 2.05) is 0 Å². The molecule has 88 valence electrons. The maximum atomic E-state index is 10.4. The van der Waals surface area contributed by atoms with Crippen LogP contribution in [-0.4, -0.2) is 36.9 Å². The molecule has 2 atom stereocenters. The maximum absolute atomic E-state index is 10.4. The molecule has 0 spiro atoms. The number of hydrogen-bond donors (Lipinski definition) is 2. The number of carbonyl (C=O) groups is 1. The molecule has 0 bridgehead atoms. The van der Waals surface area contributed by atoms with Crippen LogP contribution in [0.3, 0.4) is 0 Å². The van der Waals surface area contributed by atoms with E-state index in [0.29, 0.717) is 5.92 Å². The molecule has 1 fully saturated rings. The number of carboxylic acids is 1. The van der Waals surface area contributed by atoms with Crippen molar-refractivity contribution in [2.45, 2.75) is 38.7 Å². The molecule has 1 rings (SSSR count). The lowest BCUT2D eigenvalue weighted by molar-refractivity contribution is -0.137. The van der Waals surface area contributed by atoms with E-state index in [0.717, 1.165) is 39.0 Å². The molecule has 0 amide bonds. The fourth-order valence-corrected chi connectivity index (χ4v) is 1.95. The molecule has 0 saturated carbocycles. The molecular weight excluding hydrogens is 194 g/mol. The van der Waals surface area contributed by atoms with Gasteiger partial charge in [0.15, 0.2) is 0 Å². The lowest BCUT2D eigenvalue weighted by atomic mass is 9.93. The van der Waals surface area contributed by atoms with Crippen LogP contribution in [0.5, 0.6) is 0 Å². The molecule has 0 radical (unpaired) electrons. The van der Waals surface area contributed by atoms with Crippen molar-refractivity contribution in [3.05, 3.63) is 0 Å². The van der Waals surface area contributed by atoms with Crippen LogP contribution in [0.4, 0.5) is 0 Å². The topological polar surface area (TPSA) is 58.6 Å². The fourth-order valence-electron chi connectivity index (χ4n) is 1.95. The van der Waals surface area contributed by atoms with Gasteiger partial charge in [-0.2, -0.15) is 0 Å². The summed E-state index contributed by atoms with van der Waals surface area (Å²) in [4.78, 5) is 10.4. The number of piperidine rings is 1. The zero-order valence-corrected chi connectivity index (χ0v) is 9.37. The summed E-state index contributed by atoms with van der Waals surface area (Å²) in [5.74, 6) is -0.247. The Hall–Kier alpha value is -0.610. The van der Waals surface area contributed by atoms with E-state index < -0.39 is 5.97 Å². The highest BCUT2D eigenvalue weighted by Gasteiger charge is 2.22. The van der Waals surface area contributed by atoms with Crippen molar-refractivity contribution in [3.63, 3.8) is 0 Å². The van der Waals surface area contributed by atoms with E-state index in [2.05, 4.69) is 12.2 Å². The highest BCUT2D eigenvalue weighted by molar-refractivity contribution is 5.66. The summed E-state index contributed by atoms with van der Waals surface area (Å²) in [5.41, 5.74) is 0. The van der Waals surface area contributed by atoms with Gasteiger partial charge in [0.1, 0.15) is 0 Å². The third kappa shape index (κ3) is 5.14. The number of rotatable bonds is 6. The van der Waals surface area contributed by atoms with Crippen LogP contribution in [0.1, 0.15) is 32.6 Å². The van der Waals surface area contributed by atoms with Gasteiger partial charge >= 0.3 is 5.97 Å². The molecule has 1 heterocycles. The van der Waals surface area contributed by atoms with Crippen molar-refractivity contribution in [2.24, 2.45) is 5.92 Å². The Bertz CT molecular complexity index is 196. The minimum atomic E-state index is -0.702. The molecule has 2 N–H and O–H groups in total. The second-order valence-electron chi connectivity index (χ2n) is 4.19. The van der Waals surface area contributed by atoms with Crippen LogP contribution in [0.25, 0.3) is 0 Å². The molecule has 0 aromatic rings. The normalized spacial score (nSPS) is 26.5. The third-order valence-electron chi connectivity index (χ3n) is 2.73. The van der Waals surface area contributed by atoms with Crippen LogP contribution < -0.4 is 5.32 Å². The molecule has 0 aliphatic carbocycles. The number of nitrogens with one attached hydrogen (secondary N) is 1. The molecular formula is C11H21NO3.